The smallest absolute Gasteiger partial charge is 0.246 e. The number of ether oxygens (including phenoxy) is 4. The van der Waals surface area contributed by atoms with E-state index in [0.717, 1.165) is 0 Å². The Balaban J connectivity index is 1.60. The molecule has 13 heteroatoms. The summed E-state index contributed by atoms with van der Waals surface area (Å²) in [6.07, 6.45) is 0. The first kappa shape index (κ1) is 27.0. The number of nitrogens with one attached hydrogen (secondary N) is 1. The van der Waals surface area contributed by atoms with Crippen molar-refractivity contribution in [3.63, 3.8) is 0 Å². The van der Waals surface area contributed by atoms with Crippen molar-refractivity contribution < 1.29 is 35.8 Å². The van der Waals surface area contributed by atoms with Gasteiger partial charge in [0.2, 0.25) is 20.0 Å². The number of piperazine rings is 1. The van der Waals surface area contributed by atoms with Crippen LogP contribution in [0.25, 0.3) is 0 Å². The van der Waals surface area contributed by atoms with Crippen LogP contribution in [0, 0.1) is 0 Å². The number of sulfonamides is 2. The molecule has 1 fully saturated rings. The van der Waals surface area contributed by atoms with Gasteiger partial charge in [0.1, 0.15) is 32.8 Å². The highest BCUT2D eigenvalue weighted by Gasteiger charge is 2.31. The van der Waals surface area contributed by atoms with E-state index in [-0.39, 0.29) is 40.9 Å². The standard InChI is InChI=1S/C22H31N3O8S2/c1-30-17-5-7-19(32-3)21(15-17)34(26,27)23-9-10-24-11-13-25(14-12-24)35(28,29)22-16-18(31-2)6-8-20(22)33-4/h5-8,15-16,23H,9-14H2,1-4H3. The molecule has 1 N–H and O–H groups in total. The minimum atomic E-state index is -3.83. The normalized spacial score (nSPS) is 15.5. The lowest BCUT2D eigenvalue weighted by molar-refractivity contribution is 0.191. The Hall–Kier alpha value is -2.58. The van der Waals surface area contributed by atoms with Crippen molar-refractivity contribution in [3.05, 3.63) is 36.4 Å². The molecular weight excluding hydrogens is 498 g/mol. The van der Waals surface area contributed by atoms with Crippen LogP contribution in [-0.4, -0.2) is 93.7 Å². The van der Waals surface area contributed by atoms with Crippen LogP contribution in [-0.2, 0) is 20.0 Å². The van der Waals surface area contributed by atoms with Gasteiger partial charge in [0.05, 0.1) is 28.4 Å². The number of rotatable bonds is 11. The number of methoxy groups -OCH3 is 4. The number of benzene rings is 2. The maximum absolute atomic E-state index is 13.2. The van der Waals surface area contributed by atoms with Crippen LogP contribution in [0.4, 0.5) is 0 Å². The number of nitrogens with zero attached hydrogens (tertiary/aromatic N) is 2. The molecule has 0 saturated carbocycles. The summed E-state index contributed by atoms with van der Waals surface area (Å²) < 4.78 is 76.7. The Morgan fingerprint density at radius 1 is 0.743 bits per heavy atom. The predicted molar refractivity (Wildman–Crippen MR) is 129 cm³/mol. The fraction of sp³-hybridized carbons (Fsp3) is 0.455. The van der Waals surface area contributed by atoms with Gasteiger partial charge in [-0.2, -0.15) is 4.31 Å². The zero-order valence-corrected chi connectivity index (χ0v) is 21.8. The maximum Gasteiger partial charge on any atom is 0.246 e. The van der Waals surface area contributed by atoms with E-state index in [1.54, 1.807) is 18.2 Å². The molecule has 2 aromatic carbocycles. The number of hydrogen-bond acceptors (Lipinski definition) is 9. The Labute approximate surface area is 206 Å². The largest absolute Gasteiger partial charge is 0.497 e. The summed E-state index contributed by atoms with van der Waals surface area (Å²) in [5, 5.41) is 0. The average molecular weight is 530 g/mol. The third-order valence-corrected chi connectivity index (χ3v) is 9.10. The molecule has 1 saturated heterocycles. The molecule has 0 atom stereocenters. The monoisotopic (exact) mass is 529 g/mol. The van der Waals surface area contributed by atoms with E-state index in [1.807, 2.05) is 4.90 Å². The fourth-order valence-corrected chi connectivity index (χ4v) is 6.52. The molecule has 0 spiro atoms. The van der Waals surface area contributed by atoms with E-state index >= 15 is 0 Å². The Morgan fingerprint density at radius 2 is 1.26 bits per heavy atom. The van der Waals surface area contributed by atoms with E-state index in [4.69, 9.17) is 18.9 Å². The predicted octanol–water partition coefficient (Wildman–Crippen LogP) is 1.01. The Kier molecular flexibility index (Phi) is 8.83. The molecule has 1 aliphatic heterocycles. The van der Waals surface area contributed by atoms with Gasteiger partial charge in [0.25, 0.3) is 0 Å². The molecule has 3 rings (SSSR count). The summed E-state index contributed by atoms with van der Waals surface area (Å²) in [7, 11) is -1.89. The van der Waals surface area contributed by atoms with Gasteiger partial charge >= 0.3 is 0 Å². The number of hydrogen-bond donors (Lipinski definition) is 1. The minimum absolute atomic E-state index is 0.0116. The van der Waals surface area contributed by atoms with Gasteiger partial charge in [0, 0.05) is 51.4 Å². The van der Waals surface area contributed by atoms with Crippen LogP contribution in [0.5, 0.6) is 23.0 Å². The molecule has 194 valence electrons. The van der Waals surface area contributed by atoms with Crippen molar-refractivity contribution in [2.24, 2.45) is 0 Å². The van der Waals surface area contributed by atoms with Crippen LogP contribution in [0.2, 0.25) is 0 Å². The maximum atomic E-state index is 13.2. The Bertz CT molecular complexity index is 1220. The summed E-state index contributed by atoms with van der Waals surface area (Å²) in [4.78, 5) is 2.04. The zero-order valence-electron chi connectivity index (χ0n) is 20.2. The van der Waals surface area contributed by atoms with Crippen molar-refractivity contribution in [3.8, 4) is 23.0 Å². The van der Waals surface area contributed by atoms with Crippen LogP contribution in [0.1, 0.15) is 0 Å². The molecule has 1 aliphatic rings. The average Bonchev–Trinajstić information content (AvgIpc) is 2.88. The molecule has 0 aromatic heterocycles. The lowest BCUT2D eigenvalue weighted by atomic mass is 10.3. The molecular formula is C22H31N3O8S2. The third kappa shape index (κ3) is 6.16. The Morgan fingerprint density at radius 3 is 1.77 bits per heavy atom. The van der Waals surface area contributed by atoms with Gasteiger partial charge in [-0.3, -0.25) is 4.90 Å². The second-order valence-electron chi connectivity index (χ2n) is 7.68. The second kappa shape index (κ2) is 11.4. The van der Waals surface area contributed by atoms with Crippen LogP contribution in [0.3, 0.4) is 0 Å². The van der Waals surface area contributed by atoms with E-state index in [2.05, 4.69) is 4.72 Å². The van der Waals surface area contributed by atoms with E-state index in [9.17, 15) is 16.8 Å². The molecule has 0 unspecified atom stereocenters. The van der Waals surface area contributed by atoms with E-state index in [0.29, 0.717) is 31.1 Å². The van der Waals surface area contributed by atoms with Gasteiger partial charge < -0.3 is 18.9 Å². The van der Waals surface area contributed by atoms with Crippen LogP contribution < -0.4 is 23.7 Å². The second-order valence-corrected chi connectivity index (χ2v) is 11.3. The summed E-state index contributed by atoms with van der Waals surface area (Å²) in [5.74, 6) is 1.28. The summed E-state index contributed by atoms with van der Waals surface area (Å²) in [6.45, 7) is 2.00. The van der Waals surface area contributed by atoms with Gasteiger partial charge in [-0.1, -0.05) is 0 Å². The first-order valence-corrected chi connectivity index (χ1v) is 13.7. The molecule has 35 heavy (non-hydrogen) atoms. The highest BCUT2D eigenvalue weighted by atomic mass is 32.2. The molecule has 11 nitrogen and oxygen atoms in total. The van der Waals surface area contributed by atoms with Gasteiger partial charge in [0.15, 0.2) is 0 Å². The van der Waals surface area contributed by atoms with Crippen LogP contribution >= 0.6 is 0 Å². The van der Waals surface area contributed by atoms with Gasteiger partial charge in [-0.05, 0) is 24.3 Å². The van der Waals surface area contributed by atoms with E-state index < -0.39 is 20.0 Å². The summed E-state index contributed by atoms with van der Waals surface area (Å²) in [5.41, 5.74) is 0. The zero-order chi connectivity index (χ0) is 25.6. The molecule has 0 aliphatic carbocycles. The fourth-order valence-electron chi connectivity index (χ4n) is 3.73. The first-order valence-electron chi connectivity index (χ1n) is 10.8. The van der Waals surface area contributed by atoms with Crippen LogP contribution in [0.15, 0.2) is 46.2 Å². The summed E-state index contributed by atoms with van der Waals surface area (Å²) in [6, 6.07) is 9.19. The van der Waals surface area contributed by atoms with Crippen molar-refractivity contribution in [1.29, 1.82) is 0 Å². The van der Waals surface area contributed by atoms with Crippen molar-refractivity contribution in [2.75, 3.05) is 67.7 Å². The van der Waals surface area contributed by atoms with Crippen molar-refractivity contribution in [1.82, 2.24) is 13.9 Å². The lowest BCUT2D eigenvalue weighted by Gasteiger charge is -2.34. The minimum Gasteiger partial charge on any atom is -0.497 e. The molecule has 2 aromatic rings. The van der Waals surface area contributed by atoms with Crippen molar-refractivity contribution >= 4 is 20.0 Å². The molecule has 1 heterocycles. The van der Waals surface area contributed by atoms with Gasteiger partial charge in [-0.25, -0.2) is 21.6 Å². The molecule has 0 bridgehead atoms. The molecule has 0 amide bonds. The summed E-state index contributed by atoms with van der Waals surface area (Å²) >= 11 is 0. The van der Waals surface area contributed by atoms with Gasteiger partial charge in [-0.15, -0.1) is 0 Å². The SMILES string of the molecule is COc1ccc(OC)c(S(=O)(=O)NCCN2CCN(S(=O)(=O)c3cc(OC)ccc3OC)CC2)c1. The highest BCUT2D eigenvalue weighted by molar-refractivity contribution is 7.89. The molecule has 0 radical (unpaired) electrons. The quantitative estimate of drug-likeness (QED) is 0.454. The topological polar surface area (TPSA) is 124 Å². The van der Waals surface area contributed by atoms with Crippen molar-refractivity contribution in [2.45, 2.75) is 9.79 Å². The third-order valence-electron chi connectivity index (χ3n) is 5.70. The highest BCUT2D eigenvalue weighted by Crippen LogP contribution is 2.31. The van der Waals surface area contributed by atoms with E-state index in [1.165, 1.54) is 50.9 Å². The lowest BCUT2D eigenvalue weighted by Crippen LogP contribution is -2.50. The first-order chi connectivity index (χ1) is 16.7.